The number of aromatic amines is 1. The van der Waals surface area contributed by atoms with Crippen LogP contribution in [0.4, 0.5) is 5.13 Å². The van der Waals surface area contributed by atoms with Crippen molar-refractivity contribution in [3.8, 4) is 17.1 Å². The molecule has 124 valence electrons. The molecule has 0 radical (unpaired) electrons. The number of pyridine rings is 1. The van der Waals surface area contributed by atoms with E-state index in [1.807, 2.05) is 16.7 Å². The highest BCUT2D eigenvalue weighted by Crippen LogP contribution is 2.34. The molecule has 1 saturated carbocycles. The van der Waals surface area contributed by atoms with Gasteiger partial charge in [-0.15, -0.1) is 0 Å². The highest BCUT2D eigenvalue weighted by atomic mass is 32.1. The maximum absolute atomic E-state index is 11.9. The molecule has 8 nitrogen and oxygen atoms in total. The van der Waals surface area contributed by atoms with Crippen molar-refractivity contribution in [2.45, 2.75) is 12.8 Å². The molecule has 1 aliphatic rings. The van der Waals surface area contributed by atoms with E-state index in [2.05, 4.69) is 30.5 Å². The SMILES string of the molecule is O=C(Nc1nc2[nH]nc(-n3cncc3-c3cccnc3)c2s1)C1CC1. The Labute approximate surface area is 146 Å². The van der Waals surface area contributed by atoms with Crippen molar-refractivity contribution in [2.24, 2.45) is 5.92 Å². The Hall–Kier alpha value is -3.07. The third-order valence-corrected chi connectivity index (χ3v) is 5.07. The van der Waals surface area contributed by atoms with Gasteiger partial charge in [0.2, 0.25) is 5.91 Å². The summed E-state index contributed by atoms with van der Waals surface area (Å²) in [5.74, 6) is 0.894. The summed E-state index contributed by atoms with van der Waals surface area (Å²) in [5, 5.41) is 10.8. The first-order chi connectivity index (χ1) is 12.3. The molecule has 0 spiro atoms. The van der Waals surface area contributed by atoms with Gasteiger partial charge in [-0.25, -0.2) is 9.97 Å². The topological polar surface area (TPSA) is 101 Å². The van der Waals surface area contributed by atoms with Gasteiger partial charge in [0, 0.05) is 23.9 Å². The van der Waals surface area contributed by atoms with Gasteiger partial charge in [0.05, 0.1) is 11.9 Å². The maximum atomic E-state index is 11.9. The van der Waals surface area contributed by atoms with E-state index in [1.54, 1.807) is 24.9 Å². The molecule has 4 aromatic rings. The van der Waals surface area contributed by atoms with Crippen molar-refractivity contribution >= 4 is 32.7 Å². The average molecular weight is 351 g/mol. The number of thiazole rings is 1. The fraction of sp³-hybridized carbons (Fsp3) is 0.188. The summed E-state index contributed by atoms with van der Waals surface area (Å²) in [7, 11) is 0. The number of amides is 1. The number of nitrogens with one attached hydrogen (secondary N) is 2. The number of hydrogen-bond acceptors (Lipinski definition) is 6. The number of nitrogens with zero attached hydrogens (tertiary/aromatic N) is 5. The second-order valence-electron chi connectivity index (χ2n) is 5.90. The molecule has 0 saturated heterocycles. The Balaban J connectivity index is 1.54. The summed E-state index contributed by atoms with van der Waals surface area (Å²) < 4.78 is 2.76. The zero-order valence-corrected chi connectivity index (χ0v) is 13.8. The first-order valence-electron chi connectivity index (χ1n) is 7.88. The van der Waals surface area contributed by atoms with Crippen LogP contribution in [0.15, 0.2) is 37.1 Å². The molecule has 1 aliphatic carbocycles. The molecular formula is C16H13N7OS. The third-order valence-electron chi connectivity index (χ3n) is 4.10. The van der Waals surface area contributed by atoms with E-state index in [0.717, 1.165) is 28.8 Å². The number of H-pyrrole nitrogens is 1. The fourth-order valence-corrected chi connectivity index (χ4v) is 3.57. The van der Waals surface area contributed by atoms with Crippen LogP contribution in [0, 0.1) is 5.92 Å². The number of rotatable bonds is 4. The molecule has 1 fully saturated rings. The number of carbonyl (C=O) groups excluding carboxylic acids is 1. The maximum Gasteiger partial charge on any atom is 0.229 e. The van der Waals surface area contributed by atoms with Crippen molar-refractivity contribution in [3.63, 3.8) is 0 Å². The van der Waals surface area contributed by atoms with Crippen molar-refractivity contribution in [1.29, 1.82) is 0 Å². The highest BCUT2D eigenvalue weighted by Gasteiger charge is 2.30. The summed E-state index contributed by atoms with van der Waals surface area (Å²) in [6.45, 7) is 0. The van der Waals surface area contributed by atoms with Crippen molar-refractivity contribution in [2.75, 3.05) is 5.32 Å². The minimum absolute atomic E-state index is 0.0459. The molecule has 25 heavy (non-hydrogen) atoms. The van der Waals surface area contributed by atoms with E-state index in [0.29, 0.717) is 16.6 Å². The lowest BCUT2D eigenvalue weighted by atomic mass is 10.2. The Morgan fingerprint density at radius 3 is 3.04 bits per heavy atom. The van der Waals surface area contributed by atoms with Crippen LogP contribution < -0.4 is 5.32 Å². The zero-order valence-electron chi connectivity index (χ0n) is 13.0. The molecule has 0 aliphatic heterocycles. The van der Waals surface area contributed by atoms with Crippen LogP contribution in [0.5, 0.6) is 0 Å². The molecule has 4 aromatic heterocycles. The highest BCUT2D eigenvalue weighted by molar-refractivity contribution is 7.22. The summed E-state index contributed by atoms with van der Waals surface area (Å²) in [5.41, 5.74) is 2.48. The minimum Gasteiger partial charge on any atom is -0.302 e. The second-order valence-corrected chi connectivity index (χ2v) is 6.90. The van der Waals surface area contributed by atoms with E-state index in [9.17, 15) is 4.79 Å². The van der Waals surface area contributed by atoms with Gasteiger partial charge in [-0.1, -0.05) is 11.3 Å². The van der Waals surface area contributed by atoms with Crippen molar-refractivity contribution in [3.05, 3.63) is 37.1 Å². The molecular weight excluding hydrogens is 338 g/mol. The standard InChI is InChI=1S/C16H13N7OS/c24-15(9-3-4-9)20-16-19-13-12(25-16)14(22-21-13)23-8-18-7-11(23)10-2-1-5-17-6-10/h1-2,5-9H,3-4H2,(H2,19,20,21,22,24). The van der Waals surface area contributed by atoms with Crippen LogP contribution in [0.25, 0.3) is 27.4 Å². The predicted octanol–water partition coefficient (Wildman–Crippen LogP) is 2.62. The Kier molecular flexibility index (Phi) is 3.14. The minimum atomic E-state index is 0.0459. The van der Waals surface area contributed by atoms with Gasteiger partial charge in [0.1, 0.15) is 11.0 Å². The molecule has 5 rings (SSSR count). The number of aromatic nitrogens is 6. The lowest BCUT2D eigenvalue weighted by Gasteiger charge is -2.04. The largest absolute Gasteiger partial charge is 0.302 e. The van der Waals surface area contributed by atoms with Gasteiger partial charge >= 0.3 is 0 Å². The Bertz CT molecular complexity index is 1060. The van der Waals surface area contributed by atoms with Crippen molar-refractivity contribution in [1.82, 2.24) is 29.7 Å². The van der Waals surface area contributed by atoms with Gasteiger partial charge in [-0.05, 0) is 25.0 Å². The van der Waals surface area contributed by atoms with Gasteiger partial charge in [-0.3, -0.25) is 19.4 Å². The van der Waals surface area contributed by atoms with E-state index in [4.69, 9.17) is 0 Å². The van der Waals surface area contributed by atoms with Crippen LogP contribution in [-0.2, 0) is 4.79 Å². The quantitative estimate of drug-likeness (QED) is 0.588. The average Bonchev–Trinajstić information content (AvgIpc) is 3.06. The second kappa shape index (κ2) is 5.49. The normalized spacial score (nSPS) is 14.1. The number of fused-ring (bicyclic) bond motifs is 1. The fourth-order valence-electron chi connectivity index (χ4n) is 2.67. The van der Waals surface area contributed by atoms with Crippen LogP contribution in [-0.4, -0.2) is 35.6 Å². The van der Waals surface area contributed by atoms with Gasteiger partial charge in [0.15, 0.2) is 16.6 Å². The monoisotopic (exact) mass is 351 g/mol. The predicted molar refractivity (Wildman–Crippen MR) is 93.5 cm³/mol. The molecule has 0 unspecified atom stereocenters. The first-order valence-corrected chi connectivity index (χ1v) is 8.70. The summed E-state index contributed by atoms with van der Waals surface area (Å²) in [4.78, 5) is 24.8. The number of carbonyl (C=O) groups is 1. The van der Waals surface area contributed by atoms with Gasteiger partial charge in [0.25, 0.3) is 0 Å². The molecule has 0 atom stereocenters. The summed E-state index contributed by atoms with van der Waals surface area (Å²) in [6, 6.07) is 3.85. The van der Waals surface area contributed by atoms with Gasteiger partial charge < -0.3 is 5.32 Å². The Morgan fingerprint density at radius 2 is 2.24 bits per heavy atom. The number of anilines is 1. The molecule has 2 N–H and O–H groups in total. The molecule has 0 bridgehead atoms. The van der Waals surface area contributed by atoms with E-state index >= 15 is 0 Å². The summed E-state index contributed by atoms with van der Waals surface area (Å²) >= 11 is 1.41. The third kappa shape index (κ3) is 2.49. The lowest BCUT2D eigenvalue weighted by Crippen LogP contribution is -2.12. The first kappa shape index (κ1) is 14.3. The van der Waals surface area contributed by atoms with Crippen LogP contribution in [0.1, 0.15) is 12.8 Å². The molecule has 0 aromatic carbocycles. The summed E-state index contributed by atoms with van der Waals surface area (Å²) in [6.07, 6.45) is 8.92. The zero-order chi connectivity index (χ0) is 16.8. The van der Waals surface area contributed by atoms with Crippen LogP contribution in [0.2, 0.25) is 0 Å². The van der Waals surface area contributed by atoms with Crippen molar-refractivity contribution < 1.29 is 4.79 Å². The molecule has 9 heteroatoms. The van der Waals surface area contributed by atoms with E-state index < -0.39 is 0 Å². The molecule has 1 amide bonds. The van der Waals surface area contributed by atoms with Gasteiger partial charge in [-0.2, -0.15) is 5.10 Å². The lowest BCUT2D eigenvalue weighted by molar-refractivity contribution is -0.117. The van der Waals surface area contributed by atoms with E-state index in [1.165, 1.54) is 11.3 Å². The van der Waals surface area contributed by atoms with E-state index in [-0.39, 0.29) is 11.8 Å². The Morgan fingerprint density at radius 1 is 1.32 bits per heavy atom. The van der Waals surface area contributed by atoms with Crippen LogP contribution in [0.3, 0.4) is 0 Å². The smallest absolute Gasteiger partial charge is 0.229 e. The number of imidazole rings is 1. The molecule has 4 heterocycles. The van der Waals surface area contributed by atoms with Crippen LogP contribution >= 0.6 is 11.3 Å². The number of hydrogen-bond donors (Lipinski definition) is 2.